The Morgan fingerprint density at radius 1 is 0.164 bits per heavy atom. The van der Waals surface area contributed by atoms with Crippen molar-refractivity contribution in [2.45, 2.75) is 0 Å². The number of hydrogen-bond donors (Lipinski definition) is 0. The van der Waals surface area contributed by atoms with E-state index in [1.165, 1.54) is 143 Å². The van der Waals surface area contributed by atoms with Crippen LogP contribution in [0.5, 0.6) is 0 Å². The van der Waals surface area contributed by atoms with E-state index in [1.807, 2.05) is 12.1 Å². The summed E-state index contributed by atoms with van der Waals surface area (Å²) in [5.74, 6) is 0. The van der Waals surface area contributed by atoms with Crippen molar-refractivity contribution in [3.8, 4) is 67.3 Å². The van der Waals surface area contributed by atoms with Gasteiger partial charge in [0.05, 0.1) is 49.5 Å². The third kappa shape index (κ3) is 9.62. The van der Waals surface area contributed by atoms with Gasteiger partial charge < -0.3 is 27.1 Å². The number of nitrogens with zero attached hydrogens (tertiary/aromatic N) is 4. The number of para-hydroxylation sites is 4. The average molecular weight is 1400 g/mol. The van der Waals surface area contributed by atoms with E-state index >= 15 is 0 Å². The molecule has 0 saturated carbocycles. The van der Waals surface area contributed by atoms with E-state index in [2.05, 4.69) is 394 Å². The molecule has 6 aromatic heterocycles. The van der Waals surface area contributed by atoms with E-state index in [0.29, 0.717) is 0 Å². The molecule has 0 atom stereocenters. The minimum Gasteiger partial charge on any atom is -0.456 e. The van der Waals surface area contributed by atoms with Crippen LogP contribution in [0, 0.1) is 0 Å². The van der Waals surface area contributed by atoms with Crippen LogP contribution in [-0.4, -0.2) is 18.3 Å². The van der Waals surface area contributed by atoms with Crippen LogP contribution in [0.2, 0.25) is 0 Å². The highest BCUT2D eigenvalue weighted by molar-refractivity contribution is 6.26. The fourth-order valence-corrected chi connectivity index (χ4v) is 17.9. The molecule has 0 saturated heterocycles. The number of rotatable bonds is 8. The highest BCUT2D eigenvalue weighted by Crippen LogP contribution is 2.47. The number of benzene rings is 18. The molecule has 0 fully saturated rings. The minimum absolute atomic E-state index is 0.894. The summed E-state index contributed by atoms with van der Waals surface area (Å²) >= 11 is 0. The van der Waals surface area contributed by atoms with Gasteiger partial charge in [-0.15, -0.1) is 0 Å². The van der Waals surface area contributed by atoms with Crippen LogP contribution in [0.3, 0.4) is 0 Å². The molecule has 0 spiro atoms. The van der Waals surface area contributed by atoms with Crippen molar-refractivity contribution in [3.05, 3.63) is 388 Å². The Hall–Kier alpha value is -14.7. The quantitative estimate of drug-likeness (QED) is 0.152. The predicted octanol–water partition coefficient (Wildman–Crippen LogP) is 28.5. The second-order valence-electron chi connectivity index (χ2n) is 29.1. The molecule has 6 nitrogen and oxygen atoms in total. The number of fused-ring (bicyclic) bond motifs is 22. The second kappa shape index (κ2) is 24.4. The van der Waals surface area contributed by atoms with Crippen molar-refractivity contribution in [1.29, 1.82) is 0 Å². The second-order valence-corrected chi connectivity index (χ2v) is 29.1. The number of aromatic nitrogens is 4. The highest BCUT2D eigenvalue weighted by Gasteiger charge is 2.24. The summed E-state index contributed by atoms with van der Waals surface area (Å²) in [4.78, 5) is 0. The summed E-state index contributed by atoms with van der Waals surface area (Å²) in [7, 11) is 0. The largest absolute Gasteiger partial charge is 0.456 e. The lowest BCUT2D eigenvalue weighted by molar-refractivity contribution is 0.669. The fraction of sp³-hybridized carbons (Fsp3) is 0. The SMILES string of the molecule is c1ccc(-c2cccc(-n3c4ccc(-c5ccc6c(c5)c5ccccc5n6-c5ccc6ccccc6c5)cc4c4ccc5c6ccccc6oc5c43)c2)cc1.c1ccc(-c2cccc(-n3c4ccc(-c5ccc6c(c5)c5ccccc5n6-c5ccc6ccccc6c5)cc4c4ccc5oc6ccccc6c5c43)c2)cc1. The topological polar surface area (TPSA) is 46.0 Å². The summed E-state index contributed by atoms with van der Waals surface area (Å²) in [5, 5.41) is 19.2. The molecule has 6 heteroatoms. The van der Waals surface area contributed by atoms with Gasteiger partial charge in [-0.3, -0.25) is 0 Å². The molecule has 0 amide bonds. The van der Waals surface area contributed by atoms with Gasteiger partial charge in [-0.05, 0) is 206 Å². The zero-order valence-electron chi connectivity index (χ0n) is 59.6. The van der Waals surface area contributed by atoms with Crippen molar-refractivity contribution >= 4 is 153 Å². The third-order valence-electron chi connectivity index (χ3n) is 23.0. The van der Waals surface area contributed by atoms with Gasteiger partial charge in [-0.1, -0.05) is 249 Å². The van der Waals surface area contributed by atoms with Crippen LogP contribution in [0.4, 0.5) is 0 Å². The van der Waals surface area contributed by atoms with Gasteiger partial charge in [-0.2, -0.15) is 0 Å². The summed E-state index contributed by atoms with van der Waals surface area (Å²) in [6.07, 6.45) is 0. The zero-order chi connectivity index (χ0) is 72.1. The fourth-order valence-electron chi connectivity index (χ4n) is 17.9. The van der Waals surface area contributed by atoms with Crippen LogP contribution in [0.15, 0.2) is 397 Å². The van der Waals surface area contributed by atoms with Gasteiger partial charge in [0, 0.05) is 82.0 Å². The first-order chi connectivity index (χ1) is 54.5. The molecule has 110 heavy (non-hydrogen) atoms. The van der Waals surface area contributed by atoms with Crippen molar-refractivity contribution in [2.24, 2.45) is 0 Å². The van der Waals surface area contributed by atoms with Crippen LogP contribution in [0.1, 0.15) is 0 Å². The van der Waals surface area contributed by atoms with Crippen LogP contribution >= 0.6 is 0 Å². The summed E-state index contributed by atoms with van der Waals surface area (Å²) in [6, 6.07) is 141. The Bertz CT molecular complexity index is 7910. The van der Waals surface area contributed by atoms with Gasteiger partial charge in [0.1, 0.15) is 16.7 Å². The first-order valence-corrected chi connectivity index (χ1v) is 37.7. The maximum absolute atomic E-state index is 6.72. The normalized spacial score (nSPS) is 12.0. The molecular formula is C104H64N4O2. The number of hydrogen-bond acceptors (Lipinski definition) is 2. The monoisotopic (exact) mass is 1400 g/mol. The van der Waals surface area contributed by atoms with E-state index in [9.17, 15) is 0 Å². The van der Waals surface area contributed by atoms with Crippen LogP contribution < -0.4 is 0 Å². The Morgan fingerprint density at radius 3 is 1.05 bits per heavy atom. The molecule has 0 unspecified atom stereocenters. The summed E-state index contributed by atoms with van der Waals surface area (Å²) < 4.78 is 22.8. The highest BCUT2D eigenvalue weighted by atomic mass is 16.3. The molecule has 0 bridgehead atoms. The lowest BCUT2D eigenvalue weighted by atomic mass is 10.00. The molecule has 0 aliphatic heterocycles. The Labute approximate surface area is 631 Å². The molecule has 512 valence electrons. The molecule has 6 heterocycles. The first-order valence-electron chi connectivity index (χ1n) is 37.7. The average Bonchev–Trinajstić information content (AvgIpc) is 1.51. The van der Waals surface area contributed by atoms with Gasteiger partial charge in [0.25, 0.3) is 0 Å². The molecule has 24 rings (SSSR count). The van der Waals surface area contributed by atoms with Crippen molar-refractivity contribution in [3.63, 3.8) is 0 Å². The standard InChI is InChI=1S/2C52H32N2O/c1-2-11-33(12-3-1)36-15-10-16-39(29-36)54-49-28-23-38(32-46(49)43-25-26-44-42-18-7-9-20-50(42)55-52(44)51(43)54)37-22-27-48-45(31-37)41-17-6-8-19-47(41)53(48)40-24-21-34-13-4-5-14-35(34)30-40;1-2-11-33(12-3-1)36-15-10-16-39(29-36)54-48-27-23-38(32-45(48)42-25-28-50-51(52(42)54)43-18-7-9-20-49(43)55-50)37-22-26-47-44(31-37)41-17-6-8-19-46(41)53(47)40-24-21-34-13-4-5-14-35(34)30-40/h2*1-32H. The summed E-state index contributed by atoms with van der Waals surface area (Å²) in [5.41, 5.74) is 27.0. The molecule has 0 radical (unpaired) electrons. The maximum atomic E-state index is 6.72. The van der Waals surface area contributed by atoms with Crippen LogP contribution in [-0.2, 0) is 0 Å². The lowest BCUT2D eigenvalue weighted by Crippen LogP contribution is -1.95. The maximum Gasteiger partial charge on any atom is 0.160 e. The smallest absolute Gasteiger partial charge is 0.160 e. The Balaban J connectivity index is 0.000000132. The predicted molar refractivity (Wildman–Crippen MR) is 462 cm³/mol. The van der Waals surface area contributed by atoms with Gasteiger partial charge in [0.15, 0.2) is 5.58 Å². The van der Waals surface area contributed by atoms with E-state index in [1.54, 1.807) is 0 Å². The molecule has 0 aliphatic carbocycles. The Kier molecular flexibility index (Phi) is 13.7. The minimum atomic E-state index is 0.894. The van der Waals surface area contributed by atoms with Crippen LogP contribution in [0.25, 0.3) is 220 Å². The van der Waals surface area contributed by atoms with Crippen molar-refractivity contribution in [1.82, 2.24) is 18.3 Å². The van der Waals surface area contributed by atoms with Gasteiger partial charge >= 0.3 is 0 Å². The van der Waals surface area contributed by atoms with Crippen molar-refractivity contribution in [2.75, 3.05) is 0 Å². The van der Waals surface area contributed by atoms with E-state index in [0.717, 1.165) is 77.3 Å². The van der Waals surface area contributed by atoms with Gasteiger partial charge in [-0.25, -0.2) is 0 Å². The van der Waals surface area contributed by atoms with E-state index in [-0.39, 0.29) is 0 Å². The Morgan fingerprint density at radius 2 is 0.527 bits per heavy atom. The zero-order valence-corrected chi connectivity index (χ0v) is 59.6. The number of furan rings is 2. The molecule has 0 aliphatic rings. The molecular weight excluding hydrogens is 1340 g/mol. The summed E-state index contributed by atoms with van der Waals surface area (Å²) in [6.45, 7) is 0. The van der Waals surface area contributed by atoms with E-state index in [4.69, 9.17) is 8.83 Å². The first kappa shape index (κ1) is 61.6. The van der Waals surface area contributed by atoms with E-state index < -0.39 is 0 Å². The molecule has 24 aromatic rings. The van der Waals surface area contributed by atoms with Crippen molar-refractivity contribution < 1.29 is 8.83 Å². The molecule has 18 aromatic carbocycles. The third-order valence-corrected chi connectivity index (χ3v) is 23.0. The molecule has 0 N–H and O–H groups in total. The van der Waals surface area contributed by atoms with Gasteiger partial charge in [0.2, 0.25) is 0 Å². The lowest BCUT2D eigenvalue weighted by Gasteiger charge is -2.11.